The fourth-order valence-corrected chi connectivity index (χ4v) is 6.75. The summed E-state index contributed by atoms with van der Waals surface area (Å²) in [4.78, 5) is 33.4. The van der Waals surface area contributed by atoms with E-state index < -0.39 is 12.0 Å². The van der Waals surface area contributed by atoms with Gasteiger partial charge < -0.3 is 23.7 Å². The molecule has 2 aliphatic rings. The van der Waals surface area contributed by atoms with Crippen LogP contribution in [0.2, 0.25) is 5.02 Å². The molecule has 4 aromatic carbocycles. The van der Waals surface area contributed by atoms with Gasteiger partial charge in [0.2, 0.25) is 6.79 Å². The van der Waals surface area contributed by atoms with E-state index in [1.807, 2.05) is 72.8 Å². The Labute approximate surface area is 284 Å². The number of hydrogen-bond donors (Lipinski definition) is 0. The number of halogens is 1. The van der Waals surface area contributed by atoms with Gasteiger partial charge in [0.05, 0.1) is 35.6 Å². The largest absolute Gasteiger partial charge is 0.493 e. The van der Waals surface area contributed by atoms with Gasteiger partial charge in [0, 0.05) is 10.6 Å². The Hall–Kier alpha value is -5.32. The number of aromatic nitrogens is 1. The quantitative estimate of drug-likeness (QED) is 0.179. The summed E-state index contributed by atoms with van der Waals surface area (Å²) in [6.07, 6.45) is 1.78. The molecule has 0 amide bonds. The molecule has 11 heteroatoms. The summed E-state index contributed by atoms with van der Waals surface area (Å²) < 4.78 is 30.4. The number of thiazole rings is 1. The first kappa shape index (κ1) is 31.3. The molecule has 5 aromatic rings. The molecular formula is C37H29ClN2O7S. The molecule has 0 saturated heterocycles. The van der Waals surface area contributed by atoms with E-state index in [0.717, 1.165) is 16.7 Å². The number of fused-ring (bicyclic) bond motifs is 2. The van der Waals surface area contributed by atoms with Crippen LogP contribution >= 0.6 is 22.9 Å². The van der Waals surface area contributed by atoms with Crippen LogP contribution in [-0.2, 0) is 16.1 Å². The number of hydrogen-bond acceptors (Lipinski definition) is 9. The first-order valence-corrected chi connectivity index (χ1v) is 16.4. The maximum atomic E-state index is 14.3. The smallest absolute Gasteiger partial charge is 0.338 e. The van der Waals surface area contributed by atoms with Crippen LogP contribution in [0.4, 0.5) is 0 Å². The molecule has 7 rings (SSSR count). The lowest BCUT2D eigenvalue weighted by Gasteiger charge is -2.26. The lowest BCUT2D eigenvalue weighted by molar-refractivity contribution is -0.138. The minimum absolute atomic E-state index is 0.0891. The zero-order valence-electron chi connectivity index (χ0n) is 26.0. The highest BCUT2D eigenvalue weighted by Gasteiger charge is 2.36. The molecule has 0 N–H and O–H groups in total. The molecule has 3 heterocycles. The molecule has 1 aromatic heterocycles. The Bertz CT molecular complexity index is 2230. The number of esters is 1. The highest BCUT2D eigenvalue weighted by molar-refractivity contribution is 7.07. The number of carbonyl (C=O) groups excluding carboxylic acids is 1. The normalized spacial score (nSPS) is 15.1. The maximum absolute atomic E-state index is 14.3. The first-order valence-electron chi connectivity index (χ1n) is 15.2. The molecule has 9 nitrogen and oxygen atoms in total. The van der Waals surface area contributed by atoms with Gasteiger partial charge in [-0.25, -0.2) is 9.79 Å². The van der Waals surface area contributed by atoms with Crippen LogP contribution < -0.4 is 33.8 Å². The fourth-order valence-electron chi connectivity index (χ4n) is 5.63. The number of nitrogens with zero attached hydrogens (tertiary/aromatic N) is 2. The average molecular weight is 681 g/mol. The van der Waals surface area contributed by atoms with Gasteiger partial charge in [0.1, 0.15) is 6.61 Å². The minimum Gasteiger partial charge on any atom is -0.493 e. The van der Waals surface area contributed by atoms with E-state index in [2.05, 4.69) is 0 Å². The fraction of sp³-hybridized carbons (Fsp3) is 0.162. The number of benzene rings is 4. The Morgan fingerprint density at radius 2 is 1.79 bits per heavy atom. The molecular weight excluding hydrogens is 652 g/mol. The van der Waals surface area contributed by atoms with Gasteiger partial charge in [-0.3, -0.25) is 9.36 Å². The van der Waals surface area contributed by atoms with Gasteiger partial charge in [-0.15, -0.1) is 0 Å². The predicted octanol–water partition coefficient (Wildman–Crippen LogP) is 5.91. The molecule has 48 heavy (non-hydrogen) atoms. The molecule has 0 spiro atoms. The van der Waals surface area contributed by atoms with Crippen molar-refractivity contribution in [2.75, 3.05) is 20.5 Å². The van der Waals surface area contributed by atoms with E-state index in [4.69, 9.17) is 40.3 Å². The van der Waals surface area contributed by atoms with Crippen molar-refractivity contribution in [2.24, 2.45) is 4.99 Å². The first-order chi connectivity index (χ1) is 23.4. The summed E-state index contributed by atoms with van der Waals surface area (Å²) >= 11 is 7.24. The molecule has 0 aliphatic carbocycles. The molecule has 1 atom stereocenters. The molecule has 0 radical (unpaired) electrons. The monoisotopic (exact) mass is 680 g/mol. The van der Waals surface area contributed by atoms with Crippen LogP contribution in [0.3, 0.4) is 0 Å². The van der Waals surface area contributed by atoms with Crippen LogP contribution in [-0.4, -0.2) is 31.0 Å². The number of ether oxygens (including phenoxy) is 5. The summed E-state index contributed by atoms with van der Waals surface area (Å²) in [6.45, 7) is 2.32. The van der Waals surface area contributed by atoms with E-state index in [1.165, 1.54) is 11.3 Å². The summed E-state index contributed by atoms with van der Waals surface area (Å²) in [5, 5.41) is 0.654. The summed E-state index contributed by atoms with van der Waals surface area (Å²) in [5.74, 6) is 1.63. The van der Waals surface area contributed by atoms with E-state index in [1.54, 1.807) is 42.9 Å². The maximum Gasteiger partial charge on any atom is 0.338 e. The van der Waals surface area contributed by atoms with E-state index in [9.17, 15) is 9.59 Å². The molecule has 0 fully saturated rings. The Balaban J connectivity index is 1.34. The SMILES string of the molecule is CCOC(=O)C1=C(c2ccccc2)N=c2s/c(=C\c3ccc(OCc4ccc(Cl)cc4)c(OC)c3)c(=O)n2C1c1ccc2c(c1)OCO2. The Kier molecular flexibility index (Phi) is 8.75. The molecule has 2 aliphatic heterocycles. The third-order valence-electron chi connectivity index (χ3n) is 7.88. The van der Waals surface area contributed by atoms with Crippen molar-refractivity contribution in [3.63, 3.8) is 0 Å². The van der Waals surface area contributed by atoms with E-state index in [-0.39, 0.29) is 24.5 Å². The molecule has 0 bridgehead atoms. The second-order valence-corrected chi connectivity index (χ2v) is 12.3. The van der Waals surface area contributed by atoms with Gasteiger partial charge >= 0.3 is 5.97 Å². The van der Waals surface area contributed by atoms with Gasteiger partial charge in [-0.05, 0) is 66.1 Å². The van der Waals surface area contributed by atoms with Gasteiger partial charge in [-0.2, -0.15) is 0 Å². The van der Waals surface area contributed by atoms with Crippen LogP contribution in [0, 0.1) is 0 Å². The lowest BCUT2D eigenvalue weighted by Crippen LogP contribution is -2.40. The zero-order chi connectivity index (χ0) is 33.2. The van der Waals surface area contributed by atoms with Gasteiger partial charge in [0.15, 0.2) is 27.8 Å². The standard InChI is InChI=1S/C37H29ClN2O7S/c1-3-44-36(42)32-33(24-7-5-4-6-8-24)39-37-40(34(32)25-12-16-28-30(19-25)47-21-46-28)35(41)31(48-37)18-23-11-15-27(29(17-23)43-2)45-20-22-9-13-26(38)14-10-22/h4-19,34H,3,20-21H2,1-2H3/b31-18-. The Morgan fingerprint density at radius 3 is 2.56 bits per heavy atom. The average Bonchev–Trinajstić information content (AvgIpc) is 3.71. The van der Waals surface area contributed by atoms with Crippen molar-refractivity contribution in [1.82, 2.24) is 4.57 Å². The van der Waals surface area contributed by atoms with E-state index in [0.29, 0.717) is 55.2 Å². The van der Waals surface area contributed by atoms with Crippen molar-refractivity contribution >= 4 is 40.7 Å². The van der Waals surface area contributed by atoms with Crippen molar-refractivity contribution in [3.05, 3.63) is 144 Å². The zero-order valence-corrected chi connectivity index (χ0v) is 27.5. The summed E-state index contributed by atoms with van der Waals surface area (Å²) in [5.41, 5.74) is 3.45. The highest BCUT2D eigenvalue weighted by atomic mass is 35.5. The van der Waals surface area contributed by atoms with E-state index >= 15 is 0 Å². The molecule has 1 unspecified atom stereocenters. The predicted molar refractivity (Wildman–Crippen MR) is 182 cm³/mol. The van der Waals surface area contributed by atoms with Crippen LogP contribution in [0.1, 0.15) is 35.2 Å². The van der Waals surface area contributed by atoms with Crippen LogP contribution in [0.5, 0.6) is 23.0 Å². The van der Waals surface area contributed by atoms with Crippen molar-refractivity contribution < 1.29 is 28.5 Å². The van der Waals surface area contributed by atoms with Crippen molar-refractivity contribution in [3.8, 4) is 23.0 Å². The summed E-state index contributed by atoms with van der Waals surface area (Å²) in [6, 6.07) is 26.9. The second kappa shape index (κ2) is 13.4. The molecule has 242 valence electrons. The highest BCUT2D eigenvalue weighted by Crippen LogP contribution is 2.40. The lowest BCUT2D eigenvalue weighted by atomic mass is 9.93. The topological polar surface area (TPSA) is 97.6 Å². The van der Waals surface area contributed by atoms with Crippen LogP contribution in [0.15, 0.2) is 106 Å². The Morgan fingerprint density at radius 1 is 1.00 bits per heavy atom. The third kappa shape index (κ3) is 6.08. The third-order valence-corrected chi connectivity index (χ3v) is 9.11. The number of carbonyl (C=O) groups is 1. The van der Waals surface area contributed by atoms with Crippen molar-refractivity contribution in [2.45, 2.75) is 19.6 Å². The number of methoxy groups -OCH3 is 1. The summed E-state index contributed by atoms with van der Waals surface area (Å²) in [7, 11) is 1.57. The number of rotatable bonds is 9. The second-order valence-electron chi connectivity index (χ2n) is 10.9. The van der Waals surface area contributed by atoms with Gasteiger partial charge in [-0.1, -0.05) is 77.5 Å². The van der Waals surface area contributed by atoms with Gasteiger partial charge in [0.25, 0.3) is 5.56 Å². The van der Waals surface area contributed by atoms with Crippen molar-refractivity contribution in [1.29, 1.82) is 0 Å². The van der Waals surface area contributed by atoms with Crippen LogP contribution in [0.25, 0.3) is 11.8 Å². The molecule has 0 saturated carbocycles. The minimum atomic E-state index is -0.842.